The van der Waals surface area contributed by atoms with Crippen molar-refractivity contribution in [3.63, 3.8) is 0 Å². The first-order valence-corrected chi connectivity index (χ1v) is 8.59. The molecule has 1 fully saturated rings. The zero-order chi connectivity index (χ0) is 16.2. The lowest BCUT2D eigenvalue weighted by molar-refractivity contribution is 0.414. The summed E-state index contributed by atoms with van der Waals surface area (Å²) in [5, 5.41) is 3.70. The first kappa shape index (κ1) is 16.0. The van der Waals surface area contributed by atoms with Crippen LogP contribution in [0.1, 0.15) is 35.2 Å². The Kier molecular flexibility index (Phi) is 4.97. The molecule has 0 unspecified atom stereocenters. The fraction of sp³-hybridized carbons (Fsp3) is 0.450. The molecule has 3 rings (SSSR count). The van der Waals surface area contributed by atoms with Gasteiger partial charge in [0.05, 0.1) is 0 Å². The van der Waals surface area contributed by atoms with Gasteiger partial charge in [0.25, 0.3) is 0 Å². The molecule has 1 aliphatic rings. The summed E-state index contributed by atoms with van der Waals surface area (Å²) in [5.41, 5.74) is 6.37. The maximum absolute atomic E-state index is 4.45. The highest BCUT2D eigenvalue weighted by Crippen LogP contribution is 2.20. The maximum atomic E-state index is 4.45. The SMILES string of the molecule is Cc1ccc(N2CCC(NCc3cnc(C)c(C)c3)CC2)cc1. The quantitative estimate of drug-likeness (QED) is 0.932. The second kappa shape index (κ2) is 7.14. The van der Waals surface area contributed by atoms with Gasteiger partial charge in [0.15, 0.2) is 0 Å². The van der Waals surface area contributed by atoms with Crippen LogP contribution in [0, 0.1) is 20.8 Å². The molecule has 1 aromatic heterocycles. The molecule has 0 aliphatic carbocycles. The van der Waals surface area contributed by atoms with Crippen LogP contribution in [-0.2, 0) is 6.54 Å². The Balaban J connectivity index is 1.49. The summed E-state index contributed by atoms with van der Waals surface area (Å²) in [7, 11) is 0. The van der Waals surface area contributed by atoms with Crippen LogP contribution in [0.15, 0.2) is 36.5 Å². The van der Waals surface area contributed by atoms with E-state index in [0.29, 0.717) is 6.04 Å². The molecular weight excluding hydrogens is 282 g/mol. The summed E-state index contributed by atoms with van der Waals surface area (Å²) in [6.45, 7) is 9.52. The van der Waals surface area contributed by atoms with Crippen molar-refractivity contribution in [2.75, 3.05) is 18.0 Å². The molecular formula is C20H27N3. The maximum Gasteiger partial charge on any atom is 0.0402 e. The van der Waals surface area contributed by atoms with Gasteiger partial charge in [0, 0.05) is 43.3 Å². The Bertz CT molecular complexity index is 640. The van der Waals surface area contributed by atoms with Crippen molar-refractivity contribution in [2.45, 2.75) is 46.2 Å². The molecule has 1 aromatic carbocycles. The highest BCUT2D eigenvalue weighted by molar-refractivity contribution is 5.47. The second-order valence-electron chi connectivity index (χ2n) is 6.72. The minimum absolute atomic E-state index is 0.610. The molecule has 0 radical (unpaired) electrons. The first-order valence-electron chi connectivity index (χ1n) is 8.59. The highest BCUT2D eigenvalue weighted by Gasteiger charge is 2.18. The molecule has 0 atom stereocenters. The van der Waals surface area contributed by atoms with Gasteiger partial charge in [0.2, 0.25) is 0 Å². The van der Waals surface area contributed by atoms with E-state index in [0.717, 1.165) is 25.3 Å². The highest BCUT2D eigenvalue weighted by atomic mass is 15.1. The van der Waals surface area contributed by atoms with Crippen molar-refractivity contribution < 1.29 is 0 Å². The lowest BCUT2D eigenvalue weighted by Crippen LogP contribution is -2.42. The fourth-order valence-corrected chi connectivity index (χ4v) is 3.16. The standard InChI is InChI=1S/C20H27N3/c1-15-4-6-20(7-5-15)23-10-8-19(9-11-23)22-14-18-12-16(2)17(3)21-13-18/h4-7,12-13,19,22H,8-11,14H2,1-3H3. The van der Waals surface area contributed by atoms with E-state index in [9.17, 15) is 0 Å². The molecule has 3 nitrogen and oxygen atoms in total. The third-order valence-electron chi connectivity index (χ3n) is 4.89. The molecule has 2 heterocycles. The van der Waals surface area contributed by atoms with Gasteiger partial charge in [-0.1, -0.05) is 23.8 Å². The average molecular weight is 309 g/mol. The van der Waals surface area contributed by atoms with Gasteiger partial charge in [-0.2, -0.15) is 0 Å². The number of nitrogens with one attached hydrogen (secondary N) is 1. The van der Waals surface area contributed by atoms with Gasteiger partial charge in [-0.3, -0.25) is 4.98 Å². The molecule has 122 valence electrons. The molecule has 2 aromatic rings. The summed E-state index contributed by atoms with van der Waals surface area (Å²) in [6, 6.07) is 11.7. The molecule has 23 heavy (non-hydrogen) atoms. The summed E-state index contributed by atoms with van der Waals surface area (Å²) in [5.74, 6) is 0. The van der Waals surface area contributed by atoms with Gasteiger partial charge < -0.3 is 10.2 Å². The number of piperidine rings is 1. The van der Waals surface area contributed by atoms with Crippen LogP contribution in [0.3, 0.4) is 0 Å². The van der Waals surface area contributed by atoms with Gasteiger partial charge in [-0.15, -0.1) is 0 Å². The number of rotatable bonds is 4. The van der Waals surface area contributed by atoms with E-state index in [2.05, 4.69) is 66.3 Å². The molecule has 1 N–H and O–H groups in total. The number of hydrogen-bond acceptors (Lipinski definition) is 3. The van der Waals surface area contributed by atoms with Crippen LogP contribution in [0.2, 0.25) is 0 Å². The van der Waals surface area contributed by atoms with E-state index in [1.807, 2.05) is 6.20 Å². The van der Waals surface area contributed by atoms with Crippen molar-refractivity contribution in [2.24, 2.45) is 0 Å². The van der Waals surface area contributed by atoms with Gasteiger partial charge in [-0.05, 0) is 56.9 Å². The van der Waals surface area contributed by atoms with Gasteiger partial charge in [0.1, 0.15) is 0 Å². The first-order chi connectivity index (χ1) is 11.1. The lowest BCUT2D eigenvalue weighted by Gasteiger charge is -2.34. The second-order valence-corrected chi connectivity index (χ2v) is 6.72. The van der Waals surface area contributed by atoms with E-state index < -0.39 is 0 Å². The zero-order valence-corrected chi connectivity index (χ0v) is 14.5. The molecule has 0 saturated carbocycles. The Labute approximate surface area is 139 Å². The van der Waals surface area contributed by atoms with Crippen LogP contribution < -0.4 is 10.2 Å². The van der Waals surface area contributed by atoms with Crippen molar-refractivity contribution in [1.29, 1.82) is 0 Å². The predicted molar refractivity (Wildman–Crippen MR) is 97.0 cm³/mol. The van der Waals surface area contributed by atoms with Crippen LogP contribution >= 0.6 is 0 Å². The topological polar surface area (TPSA) is 28.2 Å². The van der Waals surface area contributed by atoms with E-state index in [-0.39, 0.29) is 0 Å². The summed E-state index contributed by atoms with van der Waals surface area (Å²) in [6.07, 6.45) is 4.40. The largest absolute Gasteiger partial charge is 0.371 e. The van der Waals surface area contributed by atoms with Crippen LogP contribution in [0.5, 0.6) is 0 Å². The number of aromatic nitrogens is 1. The molecule has 1 saturated heterocycles. The van der Waals surface area contributed by atoms with Crippen molar-refractivity contribution in [3.8, 4) is 0 Å². The van der Waals surface area contributed by atoms with Crippen molar-refractivity contribution in [3.05, 3.63) is 58.9 Å². The van der Waals surface area contributed by atoms with Crippen LogP contribution in [0.25, 0.3) is 0 Å². The number of anilines is 1. The summed E-state index contributed by atoms with van der Waals surface area (Å²) < 4.78 is 0. The zero-order valence-electron chi connectivity index (χ0n) is 14.5. The van der Waals surface area contributed by atoms with E-state index in [1.165, 1.54) is 35.2 Å². The Morgan fingerprint density at radius 3 is 2.43 bits per heavy atom. The molecule has 0 spiro atoms. The Morgan fingerprint density at radius 2 is 1.78 bits per heavy atom. The third-order valence-corrected chi connectivity index (χ3v) is 4.89. The normalized spacial score (nSPS) is 15.9. The number of nitrogens with zero attached hydrogens (tertiary/aromatic N) is 2. The number of aryl methyl sites for hydroxylation is 3. The number of benzene rings is 1. The van der Waals surface area contributed by atoms with Crippen molar-refractivity contribution in [1.82, 2.24) is 10.3 Å². The molecule has 0 bridgehead atoms. The van der Waals surface area contributed by atoms with Crippen LogP contribution in [0.4, 0.5) is 5.69 Å². The summed E-state index contributed by atoms with van der Waals surface area (Å²) >= 11 is 0. The van der Waals surface area contributed by atoms with Gasteiger partial charge in [-0.25, -0.2) is 0 Å². The molecule has 0 amide bonds. The molecule has 3 heteroatoms. The third kappa shape index (κ3) is 4.11. The van der Waals surface area contributed by atoms with Crippen molar-refractivity contribution >= 4 is 5.69 Å². The predicted octanol–water partition coefficient (Wildman–Crippen LogP) is 3.77. The van der Waals surface area contributed by atoms with Gasteiger partial charge >= 0.3 is 0 Å². The van der Waals surface area contributed by atoms with E-state index >= 15 is 0 Å². The average Bonchev–Trinajstić information content (AvgIpc) is 2.57. The minimum Gasteiger partial charge on any atom is -0.371 e. The smallest absolute Gasteiger partial charge is 0.0402 e. The minimum atomic E-state index is 0.610. The van der Waals surface area contributed by atoms with Crippen LogP contribution in [-0.4, -0.2) is 24.1 Å². The fourth-order valence-electron chi connectivity index (χ4n) is 3.16. The van der Waals surface area contributed by atoms with E-state index in [4.69, 9.17) is 0 Å². The van der Waals surface area contributed by atoms with E-state index in [1.54, 1.807) is 0 Å². The monoisotopic (exact) mass is 309 g/mol. The Hall–Kier alpha value is -1.87. The Morgan fingerprint density at radius 1 is 1.09 bits per heavy atom. The number of pyridine rings is 1. The lowest BCUT2D eigenvalue weighted by atomic mass is 10.0. The summed E-state index contributed by atoms with van der Waals surface area (Å²) in [4.78, 5) is 6.95. The molecule has 1 aliphatic heterocycles. The number of hydrogen-bond donors (Lipinski definition) is 1.